The molecule has 1 atom stereocenters. The predicted molar refractivity (Wildman–Crippen MR) is 86.6 cm³/mol. The van der Waals surface area contributed by atoms with Crippen LogP contribution in [0.5, 0.6) is 0 Å². The molecule has 2 aromatic rings. The van der Waals surface area contributed by atoms with Gasteiger partial charge in [0, 0.05) is 50.7 Å². The van der Waals surface area contributed by atoms with E-state index in [1.165, 1.54) is 24.1 Å². The van der Waals surface area contributed by atoms with Gasteiger partial charge in [-0.2, -0.15) is 0 Å². The van der Waals surface area contributed by atoms with E-state index in [0.29, 0.717) is 6.04 Å². The normalized spacial score (nSPS) is 18.4. The second-order valence-electron chi connectivity index (χ2n) is 5.73. The average Bonchev–Trinajstić information content (AvgIpc) is 2.83. The van der Waals surface area contributed by atoms with Gasteiger partial charge >= 0.3 is 0 Å². The number of nitrogens with zero attached hydrogens (tertiary/aromatic N) is 3. The summed E-state index contributed by atoms with van der Waals surface area (Å²) in [5.41, 5.74) is 2.81. The topological polar surface area (TPSA) is 33.1 Å². The number of aromatic nitrogens is 2. The van der Waals surface area contributed by atoms with Crippen LogP contribution in [0, 0.1) is 0 Å². The fourth-order valence-electron chi connectivity index (χ4n) is 3.24. The van der Waals surface area contributed by atoms with Crippen LogP contribution in [0.15, 0.2) is 36.7 Å². The van der Waals surface area contributed by atoms with Gasteiger partial charge in [-0.05, 0) is 31.5 Å². The molecule has 1 aromatic heterocycles. The fourth-order valence-corrected chi connectivity index (χ4v) is 3.24. The standard InChI is InChI=1S/C17H24N4/c1-18-15-7-5-11-21(16-8-4-3-6-14(15)16)12-9-17-19-10-13-20(17)2/h3-4,6,8,10,13,15,18H,5,7,9,11-12H2,1-2H3. The fraction of sp³-hybridized carbons (Fsp3) is 0.471. The van der Waals surface area contributed by atoms with Crippen molar-refractivity contribution in [1.29, 1.82) is 0 Å². The molecule has 3 rings (SSSR count). The highest BCUT2D eigenvalue weighted by atomic mass is 15.1. The maximum absolute atomic E-state index is 4.43. The summed E-state index contributed by atoms with van der Waals surface area (Å²) in [7, 11) is 4.13. The molecule has 2 heterocycles. The van der Waals surface area contributed by atoms with Crippen LogP contribution in [0.1, 0.15) is 30.3 Å². The van der Waals surface area contributed by atoms with E-state index in [4.69, 9.17) is 0 Å². The van der Waals surface area contributed by atoms with Gasteiger partial charge in [-0.3, -0.25) is 0 Å². The van der Waals surface area contributed by atoms with E-state index in [9.17, 15) is 0 Å². The number of fused-ring (bicyclic) bond motifs is 1. The van der Waals surface area contributed by atoms with Crippen LogP contribution in [-0.2, 0) is 13.5 Å². The Morgan fingerprint density at radius 1 is 1.33 bits per heavy atom. The highest BCUT2D eigenvalue weighted by Gasteiger charge is 2.21. The monoisotopic (exact) mass is 284 g/mol. The smallest absolute Gasteiger partial charge is 0.110 e. The van der Waals surface area contributed by atoms with Crippen LogP contribution >= 0.6 is 0 Å². The Morgan fingerprint density at radius 2 is 2.19 bits per heavy atom. The van der Waals surface area contributed by atoms with Crippen molar-refractivity contribution in [3.05, 3.63) is 48.0 Å². The van der Waals surface area contributed by atoms with E-state index < -0.39 is 0 Å². The maximum atomic E-state index is 4.43. The van der Waals surface area contributed by atoms with Crippen LogP contribution in [-0.4, -0.2) is 29.7 Å². The number of aryl methyl sites for hydroxylation is 1. The largest absolute Gasteiger partial charge is 0.371 e. The van der Waals surface area contributed by atoms with Gasteiger partial charge in [0.15, 0.2) is 0 Å². The maximum Gasteiger partial charge on any atom is 0.110 e. The molecule has 0 spiro atoms. The summed E-state index contributed by atoms with van der Waals surface area (Å²) >= 11 is 0. The first kappa shape index (κ1) is 14.1. The molecule has 4 heteroatoms. The van der Waals surface area contributed by atoms with Crippen LogP contribution in [0.4, 0.5) is 5.69 Å². The first-order chi connectivity index (χ1) is 10.3. The highest BCUT2D eigenvalue weighted by molar-refractivity contribution is 5.55. The molecule has 1 unspecified atom stereocenters. The number of hydrogen-bond acceptors (Lipinski definition) is 3. The van der Waals surface area contributed by atoms with Gasteiger partial charge in [0.25, 0.3) is 0 Å². The lowest BCUT2D eigenvalue weighted by molar-refractivity contribution is 0.541. The molecule has 21 heavy (non-hydrogen) atoms. The number of nitrogens with one attached hydrogen (secondary N) is 1. The third-order valence-corrected chi connectivity index (χ3v) is 4.45. The molecule has 0 saturated heterocycles. The van der Waals surface area contributed by atoms with Gasteiger partial charge in [-0.15, -0.1) is 0 Å². The first-order valence-electron chi connectivity index (χ1n) is 7.77. The Hall–Kier alpha value is -1.81. The Balaban J connectivity index is 1.80. The van der Waals surface area contributed by atoms with Crippen LogP contribution in [0.2, 0.25) is 0 Å². The molecule has 0 radical (unpaired) electrons. The number of benzene rings is 1. The summed E-state index contributed by atoms with van der Waals surface area (Å²) in [6.45, 7) is 2.15. The van der Waals surface area contributed by atoms with Gasteiger partial charge in [-0.25, -0.2) is 4.98 Å². The summed E-state index contributed by atoms with van der Waals surface area (Å²) in [4.78, 5) is 6.95. The average molecular weight is 284 g/mol. The van der Waals surface area contributed by atoms with Crippen molar-refractivity contribution in [2.75, 3.05) is 25.0 Å². The molecule has 1 aromatic carbocycles. The Labute approximate surface area is 126 Å². The van der Waals surface area contributed by atoms with Gasteiger partial charge in [0.2, 0.25) is 0 Å². The molecule has 0 saturated carbocycles. The molecule has 1 aliphatic heterocycles. The van der Waals surface area contributed by atoms with Gasteiger partial charge in [0.1, 0.15) is 5.82 Å². The molecule has 1 aliphatic rings. The summed E-state index contributed by atoms with van der Waals surface area (Å²) in [5.74, 6) is 1.15. The summed E-state index contributed by atoms with van der Waals surface area (Å²) in [6.07, 6.45) is 7.31. The van der Waals surface area contributed by atoms with Crippen LogP contribution < -0.4 is 10.2 Å². The van der Waals surface area contributed by atoms with E-state index in [-0.39, 0.29) is 0 Å². The second-order valence-corrected chi connectivity index (χ2v) is 5.73. The lowest BCUT2D eigenvalue weighted by atomic mass is 10.0. The van der Waals surface area contributed by atoms with Crippen molar-refractivity contribution in [3.8, 4) is 0 Å². The molecular formula is C17H24N4. The number of anilines is 1. The van der Waals surface area contributed by atoms with Crippen molar-refractivity contribution >= 4 is 5.69 Å². The molecule has 0 fully saturated rings. The minimum atomic E-state index is 0.472. The number of imidazole rings is 1. The number of hydrogen-bond donors (Lipinski definition) is 1. The molecule has 0 aliphatic carbocycles. The van der Waals surface area contributed by atoms with Crippen molar-refractivity contribution in [3.63, 3.8) is 0 Å². The zero-order valence-corrected chi connectivity index (χ0v) is 12.9. The molecule has 112 valence electrons. The predicted octanol–water partition coefficient (Wildman–Crippen LogP) is 2.52. The van der Waals surface area contributed by atoms with E-state index in [0.717, 1.165) is 25.3 Å². The second kappa shape index (κ2) is 6.31. The van der Waals surface area contributed by atoms with Crippen LogP contribution in [0.3, 0.4) is 0 Å². The molecule has 4 nitrogen and oxygen atoms in total. The molecular weight excluding hydrogens is 260 g/mol. The van der Waals surface area contributed by atoms with Gasteiger partial charge in [0.05, 0.1) is 0 Å². The summed E-state index contributed by atoms with van der Waals surface area (Å²) in [6, 6.07) is 9.27. The Morgan fingerprint density at radius 3 is 2.95 bits per heavy atom. The summed E-state index contributed by atoms with van der Waals surface area (Å²) < 4.78 is 2.11. The van der Waals surface area contributed by atoms with Crippen molar-refractivity contribution < 1.29 is 0 Å². The molecule has 1 N–H and O–H groups in total. The zero-order chi connectivity index (χ0) is 14.7. The highest BCUT2D eigenvalue weighted by Crippen LogP contribution is 2.32. The SMILES string of the molecule is CNC1CCCN(CCc2nccn2C)c2ccccc21. The third kappa shape index (κ3) is 2.95. The lowest BCUT2D eigenvalue weighted by Crippen LogP contribution is -2.27. The quantitative estimate of drug-likeness (QED) is 0.936. The Kier molecular flexibility index (Phi) is 4.25. The van der Waals surface area contributed by atoms with Crippen molar-refractivity contribution in [1.82, 2.24) is 14.9 Å². The Bertz CT molecular complexity index is 590. The van der Waals surface area contributed by atoms with E-state index in [1.807, 2.05) is 12.4 Å². The van der Waals surface area contributed by atoms with E-state index >= 15 is 0 Å². The summed E-state index contributed by atoms with van der Waals surface area (Å²) in [5, 5.41) is 3.46. The third-order valence-electron chi connectivity index (χ3n) is 4.45. The minimum absolute atomic E-state index is 0.472. The number of rotatable bonds is 4. The van der Waals surface area contributed by atoms with Gasteiger partial charge < -0.3 is 14.8 Å². The zero-order valence-electron chi connectivity index (χ0n) is 12.9. The van der Waals surface area contributed by atoms with Gasteiger partial charge in [-0.1, -0.05) is 18.2 Å². The number of para-hydroxylation sites is 1. The van der Waals surface area contributed by atoms with Crippen LogP contribution in [0.25, 0.3) is 0 Å². The van der Waals surface area contributed by atoms with E-state index in [2.05, 4.69) is 58.1 Å². The van der Waals surface area contributed by atoms with Crippen molar-refractivity contribution in [2.45, 2.75) is 25.3 Å². The van der Waals surface area contributed by atoms with E-state index in [1.54, 1.807) is 0 Å². The lowest BCUT2D eigenvalue weighted by Gasteiger charge is -2.25. The molecule has 0 bridgehead atoms. The first-order valence-corrected chi connectivity index (χ1v) is 7.77. The minimum Gasteiger partial charge on any atom is -0.371 e. The molecule has 0 amide bonds. The van der Waals surface area contributed by atoms with Crippen molar-refractivity contribution in [2.24, 2.45) is 7.05 Å².